The van der Waals surface area contributed by atoms with Gasteiger partial charge in [-0.25, -0.2) is 0 Å². The van der Waals surface area contributed by atoms with Gasteiger partial charge in [0.05, 0.1) is 39.0 Å². The predicted octanol–water partition coefficient (Wildman–Crippen LogP) is 2.81. The Bertz CT molecular complexity index is 837. The van der Waals surface area contributed by atoms with E-state index in [9.17, 15) is 9.59 Å². The van der Waals surface area contributed by atoms with Crippen LogP contribution in [-0.4, -0.2) is 56.7 Å². The number of morpholine rings is 1. The van der Waals surface area contributed by atoms with Gasteiger partial charge < -0.3 is 24.4 Å². The highest BCUT2D eigenvalue weighted by atomic mass is 32.1. The van der Waals surface area contributed by atoms with Crippen molar-refractivity contribution in [2.24, 2.45) is 0 Å². The fourth-order valence-electron chi connectivity index (χ4n) is 3.13. The van der Waals surface area contributed by atoms with Crippen molar-refractivity contribution in [1.82, 2.24) is 4.90 Å². The van der Waals surface area contributed by atoms with Crippen molar-refractivity contribution in [3.63, 3.8) is 0 Å². The number of carbonyl (C=O) groups is 2. The van der Waals surface area contributed by atoms with Crippen LogP contribution in [-0.2, 0) is 16.0 Å². The summed E-state index contributed by atoms with van der Waals surface area (Å²) in [5.41, 5.74) is 0.839. The summed E-state index contributed by atoms with van der Waals surface area (Å²) in [6.45, 7) is 3.49. The number of hydrogen-bond donors (Lipinski definition) is 1. The van der Waals surface area contributed by atoms with Gasteiger partial charge >= 0.3 is 0 Å². The van der Waals surface area contributed by atoms with Crippen molar-refractivity contribution in [2.45, 2.75) is 19.4 Å². The van der Waals surface area contributed by atoms with Gasteiger partial charge in [0.15, 0.2) is 11.5 Å². The number of nitrogens with zero attached hydrogens (tertiary/aromatic N) is 1. The minimum absolute atomic E-state index is 0.0113. The summed E-state index contributed by atoms with van der Waals surface area (Å²) in [4.78, 5) is 28.1. The molecule has 1 N–H and O–H groups in total. The molecule has 1 aromatic carbocycles. The van der Waals surface area contributed by atoms with Crippen LogP contribution in [0.3, 0.4) is 0 Å². The van der Waals surface area contributed by atoms with Crippen molar-refractivity contribution in [1.29, 1.82) is 0 Å². The number of carbonyl (C=O) groups excluding carboxylic acids is 2. The van der Waals surface area contributed by atoms with Gasteiger partial charge in [-0.05, 0) is 30.5 Å². The molecule has 1 aromatic heterocycles. The normalized spacial score (nSPS) is 16.5. The molecule has 1 aliphatic rings. The van der Waals surface area contributed by atoms with E-state index < -0.39 is 0 Å². The van der Waals surface area contributed by atoms with Gasteiger partial charge in [0.1, 0.15) is 0 Å². The van der Waals surface area contributed by atoms with E-state index in [-0.39, 0.29) is 24.3 Å². The second-order valence-corrected chi connectivity index (χ2v) is 7.53. The van der Waals surface area contributed by atoms with Gasteiger partial charge in [-0.15, -0.1) is 11.3 Å². The molecule has 0 radical (unpaired) electrons. The average molecular weight is 404 g/mol. The van der Waals surface area contributed by atoms with E-state index in [2.05, 4.69) is 5.32 Å². The van der Waals surface area contributed by atoms with Crippen LogP contribution in [0.1, 0.15) is 22.2 Å². The Kier molecular flexibility index (Phi) is 6.53. The first kappa shape index (κ1) is 20.2. The van der Waals surface area contributed by atoms with Gasteiger partial charge in [0.2, 0.25) is 5.91 Å². The molecule has 1 saturated heterocycles. The van der Waals surface area contributed by atoms with Crippen LogP contribution in [0.4, 0.5) is 5.69 Å². The highest BCUT2D eigenvalue weighted by Crippen LogP contribution is 2.37. The number of nitrogens with one attached hydrogen (secondary N) is 1. The number of thiophene rings is 1. The summed E-state index contributed by atoms with van der Waals surface area (Å²) in [6.07, 6.45) is 0.241. The molecule has 1 fully saturated rings. The van der Waals surface area contributed by atoms with Gasteiger partial charge in [0.25, 0.3) is 5.91 Å². The molecule has 2 heterocycles. The molecule has 2 aromatic rings. The third-order valence-corrected chi connectivity index (χ3v) is 5.32. The van der Waals surface area contributed by atoms with Crippen LogP contribution < -0.4 is 14.8 Å². The fraction of sp³-hybridized carbons (Fsp3) is 0.400. The summed E-state index contributed by atoms with van der Waals surface area (Å²) in [6, 6.07) is 7.08. The maximum absolute atomic E-state index is 13.0. The Hall–Kier alpha value is -2.58. The van der Waals surface area contributed by atoms with Crippen molar-refractivity contribution in [2.75, 3.05) is 39.2 Å². The molecule has 28 heavy (non-hydrogen) atoms. The monoisotopic (exact) mass is 404 g/mol. The molecule has 1 aliphatic heterocycles. The molecule has 0 aliphatic carbocycles. The largest absolute Gasteiger partial charge is 0.493 e. The third kappa shape index (κ3) is 4.63. The number of benzene rings is 1. The van der Waals surface area contributed by atoms with Crippen molar-refractivity contribution >= 4 is 28.8 Å². The number of ether oxygens (including phenoxy) is 3. The van der Waals surface area contributed by atoms with Crippen LogP contribution in [0.2, 0.25) is 0 Å². The second-order valence-electron chi connectivity index (χ2n) is 6.50. The van der Waals surface area contributed by atoms with E-state index in [4.69, 9.17) is 14.2 Å². The van der Waals surface area contributed by atoms with Gasteiger partial charge in [-0.3, -0.25) is 9.59 Å². The molecule has 3 rings (SSSR count). The molecule has 150 valence electrons. The number of anilines is 1. The first-order chi connectivity index (χ1) is 13.5. The topological polar surface area (TPSA) is 77.1 Å². The lowest BCUT2D eigenvalue weighted by molar-refractivity contribution is -0.115. The first-order valence-electron chi connectivity index (χ1n) is 9.01. The number of amides is 2. The Labute approximate surface area is 168 Å². The van der Waals surface area contributed by atoms with Gasteiger partial charge in [-0.1, -0.05) is 6.07 Å². The minimum atomic E-state index is -0.188. The number of rotatable bonds is 6. The van der Waals surface area contributed by atoms with Crippen LogP contribution in [0.5, 0.6) is 11.5 Å². The molecule has 7 nitrogen and oxygen atoms in total. The van der Waals surface area contributed by atoms with E-state index >= 15 is 0 Å². The zero-order chi connectivity index (χ0) is 20.1. The number of hydrogen-bond acceptors (Lipinski definition) is 6. The van der Waals surface area contributed by atoms with E-state index in [1.807, 2.05) is 24.4 Å². The maximum Gasteiger partial charge on any atom is 0.254 e. The Balaban J connectivity index is 1.86. The van der Waals surface area contributed by atoms with E-state index in [0.29, 0.717) is 42.4 Å². The fourth-order valence-corrected chi connectivity index (χ4v) is 3.84. The lowest BCUT2D eigenvalue weighted by atomic mass is 10.1. The Morgan fingerprint density at radius 3 is 2.79 bits per heavy atom. The summed E-state index contributed by atoms with van der Waals surface area (Å²) >= 11 is 1.52. The molecule has 0 spiro atoms. The van der Waals surface area contributed by atoms with Crippen LogP contribution >= 0.6 is 11.3 Å². The smallest absolute Gasteiger partial charge is 0.254 e. The predicted molar refractivity (Wildman–Crippen MR) is 108 cm³/mol. The summed E-state index contributed by atoms with van der Waals surface area (Å²) in [5, 5.41) is 4.77. The molecule has 0 saturated carbocycles. The minimum Gasteiger partial charge on any atom is -0.493 e. The molecule has 1 atom stereocenters. The zero-order valence-corrected chi connectivity index (χ0v) is 17.0. The molecule has 2 amide bonds. The summed E-state index contributed by atoms with van der Waals surface area (Å²) in [5.74, 6) is 0.451. The Morgan fingerprint density at radius 1 is 1.32 bits per heavy atom. The summed E-state index contributed by atoms with van der Waals surface area (Å²) < 4.78 is 16.3. The standard InChI is InChI=1S/C20H24N2O5S/c1-13-12-22(6-7-27-13)20(24)14-9-16(19(26-3)17(10-14)25-2)21-18(23)11-15-5-4-8-28-15/h4-5,8-10,13H,6-7,11-12H2,1-3H3,(H,21,23). The Morgan fingerprint density at radius 2 is 2.14 bits per heavy atom. The van der Waals surface area contributed by atoms with Gasteiger partial charge in [-0.2, -0.15) is 0 Å². The average Bonchev–Trinajstić information content (AvgIpc) is 3.19. The molecule has 0 bridgehead atoms. The van der Waals surface area contributed by atoms with Gasteiger partial charge in [0, 0.05) is 23.5 Å². The second kappa shape index (κ2) is 9.07. The number of methoxy groups -OCH3 is 2. The molecule has 8 heteroatoms. The van der Waals surface area contributed by atoms with E-state index in [1.165, 1.54) is 25.6 Å². The first-order valence-corrected chi connectivity index (χ1v) is 9.89. The van der Waals surface area contributed by atoms with Crippen molar-refractivity contribution in [3.8, 4) is 11.5 Å². The quantitative estimate of drug-likeness (QED) is 0.801. The molecular formula is C20H24N2O5S. The lowest BCUT2D eigenvalue weighted by Crippen LogP contribution is -2.44. The highest BCUT2D eigenvalue weighted by molar-refractivity contribution is 7.10. The zero-order valence-electron chi connectivity index (χ0n) is 16.2. The lowest BCUT2D eigenvalue weighted by Gasteiger charge is -2.31. The van der Waals surface area contributed by atoms with Crippen LogP contribution in [0.15, 0.2) is 29.6 Å². The maximum atomic E-state index is 13.0. The third-order valence-electron chi connectivity index (χ3n) is 4.44. The van der Waals surface area contributed by atoms with Crippen molar-refractivity contribution in [3.05, 3.63) is 40.1 Å². The highest BCUT2D eigenvalue weighted by Gasteiger charge is 2.25. The summed E-state index contributed by atoms with van der Waals surface area (Å²) in [7, 11) is 3.00. The van der Waals surface area contributed by atoms with Crippen LogP contribution in [0, 0.1) is 0 Å². The molecule has 1 unspecified atom stereocenters. The molecular weight excluding hydrogens is 380 g/mol. The van der Waals surface area contributed by atoms with E-state index in [1.54, 1.807) is 17.0 Å². The van der Waals surface area contributed by atoms with E-state index in [0.717, 1.165) is 4.88 Å². The SMILES string of the molecule is COc1cc(C(=O)N2CCOC(C)C2)cc(NC(=O)Cc2cccs2)c1OC. The van der Waals surface area contributed by atoms with Crippen molar-refractivity contribution < 1.29 is 23.8 Å². The van der Waals surface area contributed by atoms with Crippen LogP contribution in [0.25, 0.3) is 0 Å².